The molecule has 0 saturated heterocycles. The van der Waals surface area contributed by atoms with Crippen molar-refractivity contribution in [2.24, 2.45) is 5.10 Å². The van der Waals surface area contributed by atoms with Crippen LogP contribution in [0.15, 0.2) is 110 Å². The Morgan fingerprint density at radius 2 is 1.88 bits per heavy atom. The van der Waals surface area contributed by atoms with Crippen molar-refractivity contribution in [3.05, 3.63) is 127 Å². The molecule has 6 aromatic rings. The number of aromatic nitrogens is 2. The van der Waals surface area contributed by atoms with E-state index in [0.29, 0.717) is 44.9 Å². The van der Waals surface area contributed by atoms with Crippen LogP contribution in [0.5, 0.6) is 11.5 Å². The summed E-state index contributed by atoms with van der Waals surface area (Å²) in [4.78, 5) is 28.9. The van der Waals surface area contributed by atoms with Gasteiger partial charge in [0.15, 0.2) is 17.3 Å². The van der Waals surface area contributed by atoms with E-state index < -0.39 is 4.92 Å². The predicted molar refractivity (Wildman–Crippen MR) is 162 cm³/mol. The number of hydrogen-bond acceptors (Lipinski definition) is 8. The Balaban J connectivity index is 1.34. The van der Waals surface area contributed by atoms with Gasteiger partial charge in [-0.15, -0.1) is 0 Å². The molecule has 0 aliphatic carbocycles. The number of nitrogens with zero attached hydrogens (tertiary/aromatic N) is 4. The second-order valence-electron chi connectivity index (χ2n) is 9.23. The van der Waals surface area contributed by atoms with Crippen molar-refractivity contribution in [3.8, 4) is 23.1 Å². The molecule has 208 valence electrons. The highest BCUT2D eigenvalue weighted by atomic mass is 79.9. The molecule has 0 atom stereocenters. The maximum absolute atomic E-state index is 13.5. The lowest BCUT2D eigenvalue weighted by atomic mass is 10.2. The smallest absolute Gasteiger partial charge is 0.282 e. The molecule has 0 saturated carbocycles. The highest BCUT2D eigenvalue weighted by Crippen LogP contribution is 2.30. The lowest BCUT2D eigenvalue weighted by Gasteiger charge is -2.11. The van der Waals surface area contributed by atoms with Crippen LogP contribution in [0.1, 0.15) is 11.1 Å². The first-order valence-electron chi connectivity index (χ1n) is 12.7. The Hall–Kier alpha value is -5.29. The molecule has 11 heteroatoms. The molecule has 10 nitrogen and oxygen atoms in total. The van der Waals surface area contributed by atoms with Gasteiger partial charge in [-0.05, 0) is 65.7 Å². The van der Waals surface area contributed by atoms with Crippen LogP contribution < -0.4 is 15.0 Å². The van der Waals surface area contributed by atoms with Gasteiger partial charge in [-0.3, -0.25) is 14.9 Å². The fourth-order valence-electron chi connectivity index (χ4n) is 4.44. The van der Waals surface area contributed by atoms with E-state index in [9.17, 15) is 14.9 Å². The first-order valence-corrected chi connectivity index (χ1v) is 13.5. The third-order valence-electron chi connectivity index (χ3n) is 6.48. The number of hydrogen-bond donors (Lipinski definition) is 0. The van der Waals surface area contributed by atoms with E-state index in [-0.39, 0.29) is 23.7 Å². The quantitative estimate of drug-likeness (QED) is 0.102. The Labute approximate surface area is 246 Å². The van der Waals surface area contributed by atoms with Crippen LogP contribution in [0.25, 0.3) is 33.5 Å². The van der Waals surface area contributed by atoms with Crippen molar-refractivity contribution < 1.29 is 18.8 Å². The molecule has 6 rings (SSSR count). The van der Waals surface area contributed by atoms with Crippen molar-refractivity contribution in [3.63, 3.8) is 0 Å². The Morgan fingerprint density at radius 1 is 1.02 bits per heavy atom. The SMILES string of the molecule is COc1cc(C=Nn2c(-c3cc4cc(Br)ccc4o3)nc3ccccc3c2=O)ccc1OCc1cccc([N+](=O)[O-])c1. The average molecular weight is 625 g/mol. The summed E-state index contributed by atoms with van der Waals surface area (Å²) in [7, 11) is 1.51. The number of non-ortho nitro benzene ring substituents is 1. The molecule has 0 N–H and O–H groups in total. The Kier molecular flexibility index (Phi) is 7.24. The first-order chi connectivity index (χ1) is 20.4. The minimum Gasteiger partial charge on any atom is -0.493 e. The highest BCUT2D eigenvalue weighted by Gasteiger charge is 2.17. The lowest BCUT2D eigenvalue weighted by molar-refractivity contribution is -0.384. The number of nitro groups is 1. The summed E-state index contributed by atoms with van der Waals surface area (Å²) in [5.41, 5.74) is 2.09. The minimum atomic E-state index is -0.451. The summed E-state index contributed by atoms with van der Waals surface area (Å²) in [5.74, 6) is 1.52. The average Bonchev–Trinajstić information content (AvgIpc) is 3.43. The predicted octanol–water partition coefficient (Wildman–Crippen LogP) is 6.95. The van der Waals surface area contributed by atoms with Gasteiger partial charge in [0.2, 0.25) is 5.82 Å². The van der Waals surface area contributed by atoms with E-state index >= 15 is 0 Å². The topological polar surface area (TPSA) is 122 Å². The fourth-order valence-corrected chi connectivity index (χ4v) is 4.82. The van der Waals surface area contributed by atoms with E-state index in [2.05, 4.69) is 21.0 Å². The van der Waals surface area contributed by atoms with Crippen molar-refractivity contribution in [2.75, 3.05) is 7.11 Å². The minimum absolute atomic E-state index is 0.0112. The highest BCUT2D eigenvalue weighted by molar-refractivity contribution is 9.10. The molecule has 2 heterocycles. The van der Waals surface area contributed by atoms with Gasteiger partial charge in [-0.2, -0.15) is 9.78 Å². The zero-order valence-electron chi connectivity index (χ0n) is 22.1. The third-order valence-corrected chi connectivity index (χ3v) is 6.97. The van der Waals surface area contributed by atoms with Crippen LogP contribution in [0.4, 0.5) is 5.69 Å². The molecule has 0 spiro atoms. The number of benzene rings is 4. The van der Waals surface area contributed by atoms with E-state index in [0.717, 1.165) is 9.86 Å². The van der Waals surface area contributed by atoms with Gasteiger partial charge in [0.05, 0.1) is 29.2 Å². The molecule has 42 heavy (non-hydrogen) atoms. The maximum atomic E-state index is 13.5. The molecule has 0 aliphatic rings. The van der Waals surface area contributed by atoms with Gasteiger partial charge in [0.25, 0.3) is 11.2 Å². The molecular weight excluding hydrogens is 604 g/mol. The zero-order chi connectivity index (χ0) is 29.2. The van der Waals surface area contributed by atoms with Gasteiger partial charge in [0, 0.05) is 22.0 Å². The first kappa shape index (κ1) is 26.9. The van der Waals surface area contributed by atoms with Gasteiger partial charge in [-0.1, -0.05) is 40.2 Å². The van der Waals surface area contributed by atoms with Crippen molar-refractivity contribution in [1.29, 1.82) is 0 Å². The molecule has 0 unspecified atom stereocenters. The molecule has 2 aromatic heterocycles. The number of halogens is 1. The molecule has 0 radical (unpaired) electrons. The summed E-state index contributed by atoms with van der Waals surface area (Å²) < 4.78 is 19.6. The van der Waals surface area contributed by atoms with Crippen molar-refractivity contribution in [1.82, 2.24) is 9.66 Å². The van der Waals surface area contributed by atoms with E-state index in [4.69, 9.17) is 18.9 Å². The summed E-state index contributed by atoms with van der Waals surface area (Å²) in [6.07, 6.45) is 1.52. The number of furan rings is 1. The third kappa shape index (κ3) is 5.37. The van der Waals surface area contributed by atoms with Crippen LogP contribution in [0.2, 0.25) is 0 Å². The Morgan fingerprint density at radius 3 is 2.71 bits per heavy atom. The number of methoxy groups -OCH3 is 1. The zero-order valence-corrected chi connectivity index (χ0v) is 23.6. The second kappa shape index (κ2) is 11.3. The number of ether oxygens (including phenoxy) is 2. The molecule has 4 aromatic carbocycles. The summed E-state index contributed by atoms with van der Waals surface area (Å²) in [6, 6.07) is 25.9. The molecule has 0 aliphatic heterocycles. The maximum Gasteiger partial charge on any atom is 0.282 e. The summed E-state index contributed by atoms with van der Waals surface area (Å²) >= 11 is 3.47. The van der Waals surface area contributed by atoms with Crippen molar-refractivity contribution >= 4 is 49.7 Å². The standard InChI is InChI=1S/C31H21BrN4O6/c1-40-28-14-19(9-11-27(28)41-18-20-5-4-6-23(13-20)36(38)39)17-33-35-30(34-25-8-3-2-7-24(25)31(35)37)29-16-21-15-22(32)10-12-26(21)42-29/h2-17H,18H2,1H3. The number of fused-ring (bicyclic) bond motifs is 2. The van der Waals surface area contributed by atoms with Gasteiger partial charge >= 0.3 is 0 Å². The van der Waals surface area contributed by atoms with Gasteiger partial charge < -0.3 is 13.9 Å². The van der Waals surface area contributed by atoms with Crippen LogP contribution in [-0.4, -0.2) is 27.9 Å². The summed E-state index contributed by atoms with van der Waals surface area (Å²) in [5, 5.41) is 16.8. The van der Waals surface area contributed by atoms with E-state index in [1.54, 1.807) is 48.5 Å². The number of rotatable bonds is 8. The largest absolute Gasteiger partial charge is 0.493 e. The van der Waals surface area contributed by atoms with Gasteiger partial charge in [0.1, 0.15) is 12.2 Å². The summed E-state index contributed by atoms with van der Waals surface area (Å²) in [6.45, 7) is 0.112. The molecule has 0 amide bonds. The fraction of sp³-hybridized carbons (Fsp3) is 0.0645. The normalized spacial score (nSPS) is 11.4. The lowest BCUT2D eigenvalue weighted by Crippen LogP contribution is -2.20. The van der Waals surface area contributed by atoms with E-state index in [1.807, 2.05) is 30.3 Å². The van der Waals surface area contributed by atoms with Gasteiger partial charge in [-0.25, -0.2) is 4.98 Å². The monoisotopic (exact) mass is 624 g/mol. The van der Waals surface area contributed by atoms with E-state index in [1.165, 1.54) is 30.1 Å². The number of nitro benzene ring substituents is 1. The van der Waals surface area contributed by atoms with Crippen LogP contribution in [0, 0.1) is 10.1 Å². The van der Waals surface area contributed by atoms with Crippen molar-refractivity contribution in [2.45, 2.75) is 6.61 Å². The Bertz CT molecular complexity index is 2070. The second-order valence-corrected chi connectivity index (χ2v) is 10.1. The number of para-hydroxylation sites is 1. The van der Waals surface area contributed by atoms with Crippen LogP contribution in [0.3, 0.4) is 0 Å². The molecular formula is C31H21BrN4O6. The van der Waals surface area contributed by atoms with Crippen LogP contribution >= 0.6 is 15.9 Å². The molecule has 0 bridgehead atoms. The van der Waals surface area contributed by atoms with Crippen LogP contribution in [-0.2, 0) is 6.61 Å². The molecule has 0 fully saturated rings.